The van der Waals surface area contributed by atoms with Gasteiger partial charge in [0.2, 0.25) is 10.0 Å². The fraction of sp³-hybridized carbons (Fsp3) is 0.190. The van der Waals surface area contributed by atoms with Gasteiger partial charge in [0, 0.05) is 17.3 Å². The van der Waals surface area contributed by atoms with Crippen LogP contribution in [0.3, 0.4) is 0 Å². The highest BCUT2D eigenvalue weighted by atomic mass is 32.2. The smallest absolute Gasteiger partial charge is 0.265 e. The minimum Gasteiger partial charge on any atom is -0.497 e. The number of benzene rings is 2. The highest BCUT2D eigenvalue weighted by Crippen LogP contribution is 2.32. The molecule has 3 rings (SSSR count). The van der Waals surface area contributed by atoms with E-state index < -0.39 is 10.0 Å². The molecule has 10 heteroatoms. The van der Waals surface area contributed by atoms with Gasteiger partial charge in [0.15, 0.2) is 0 Å². The summed E-state index contributed by atoms with van der Waals surface area (Å²) in [5.74, 6) is 1.21. The van der Waals surface area contributed by atoms with Gasteiger partial charge < -0.3 is 19.5 Å². The van der Waals surface area contributed by atoms with Crippen LogP contribution in [0.1, 0.15) is 15.2 Å². The Balaban J connectivity index is 1.87. The van der Waals surface area contributed by atoms with Gasteiger partial charge in [-0.15, -0.1) is 11.3 Å². The molecule has 2 aromatic carbocycles. The first-order chi connectivity index (χ1) is 14.8. The van der Waals surface area contributed by atoms with E-state index in [4.69, 9.17) is 14.2 Å². The Hall–Kier alpha value is -3.24. The van der Waals surface area contributed by atoms with E-state index in [0.717, 1.165) is 6.26 Å². The van der Waals surface area contributed by atoms with Crippen LogP contribution < -0.4 is 24.2 Å². The first-order valence-corrected chi connectivity index (χ1v) is 11.9. The lowest BCUT2D eigenvalue weighted by atomic mass is 10.2. The molecule has 0 unspecified atom stereocenters. The zero-order valence-electron chi connectivity index (χ0n) is 17.2. The summed E-state index contributed by atoms with van der Waals surface area (Å²) in [5, 5.41) is 4.59. The predicted octanol–water partition coefficient (Wildman–Crippen LogP) is 3.97. The minimum atomic E-state index is -3.54. The number of nitrogens with one attached hydrogen (secondary N) is 2. The second-order valence-electron chi connectivity index (χ2n) is 6.48. The number of rotatable bonds is 9. The van der Waals surface area contributed by atoms with E-state index >= 15 is 0 Å². The summed E-state index contributed by atoms with van der Waals surface area (Å²) < 4.78 is 42.5. The lowest BCUT2D eigenvalue weighted by Crippen LogP contribution is -2.13. The van der Waals surface area contributed by atoms with E-state index in [1.54, 1.807) is 56.7 Å². The molecule has 2 N–H and O–H groups in total. The average Bonchev–Trinajstić information content (AvgIpc) is 3.27. The van der Waals surface area contributed by atoms with Crippen LogP contribution >= 0.6 is 11.3 Å². The topological polar surface area (TPSA) is 103 Å². The Labute approximate surface area is 184 Å². The van der Waals surface area contributed by atoms with Gasteiger partial charge in [-0.25, -0.2) is 8.42 Å². The summed E-state index contributed by atoms with van der Waals surface area (Å²) in [7, 11) is -0.438. The largest absolute Gasteiger partial charge is 0.497 e. The van der Waals surface area contributed by atoms with Crippen molar-refractivity contribution in [3.8, 4) is 17.2 Å². The van der Waals surface area contributed by atoms with Gasteiger partial charge in [-0.3, -0.25) is 9.52 Å². The van der Waals surface area contributed by atoms with E-state index in [1.807, 2.05) is 5.38 Å². The molecule has 0 aliphatic carbocycles. The Kier molecular flexibility index (Phi) is 7.03. The number of hydrogen-bond donors (Lipinski definition) is 2. The summed E-state index contributed by atoms with van der Waals surface area (Å²) in [6, 6.07) is 13.5. The van der Waals surface area contributed by atoms with Crippen molar-refractivity contribution in [3.05, 3.63) is 64.4 Å². The molecule has 0 aliphatic heterocycles. The van der Waals surface area contributed by atoms with Crippen LogP contribution in [0.2, 0.25) is 0 Å². The summed E-state index contributed by atoms with van der Waals surface area (Å²) in [6.45, 7) is 0.0845. The second-order valence-corrected chi connectivity index (χ2v) is 9.18. The molecule has 31 heavy (non-hydrogen) atoms. The predicted molar refractivity (Wildman–Crippen MR) is 121 cm³/mol. The lowest BCUT2D eigenvalue weighted by molar-refractivity contribution is 0.103. The van der Waals surface area contributed by atoms with Crippen LogP contribution in [0, 0.1) is 0 Å². The quantitative estimate of drug-likeness (QED) is 0.499. The highest BCUT2D eigenvalue weighted by molar-refractivity contribution is 7.92. The van der Waals surface area contributed by atoms with E-state index in [0.29, 0.717) is 27.6 Å². The molecule has 0 spiro atoms. The Bertz CT molecular complexity index is 1160. The molecule has 0 radical (unpaired) electrons. The van der Waals surface area contributed by atoms with Gasteiger partial charge in [0.1, 0.15) is 23.9 Å². The van der Waals surface area contributed by atoms with Crippen molar-refractivity contribution in [1.82, 2.24) is 0 Å². The minimum absolute atomic E-state index is 0.0845. The molecular formula is C21H22N2O6S2. The van der Waals surface area contributed by atoms with E-state index in [-0.39, 0.29) is 24.0 Å². The number of carbonyl (C=O) groups excluding carboxylic acids is 1. The van der Waals surface area contributed by atoms with Gasteiger partial charge in [0.25, 0.3) is 5.91 Å². The number of ether oxygens (including phenoxy) is 3. The number of carbonyl (C=O) groups is 1. The molecule has 1 heterocycles. The van der Waals surface area contributed by atoms with E-state index in [9.17, 15) is 13.2 Å². The Morgan fingerprint density at radius 1 is 1.03 bits per heavy atom. The number of hydrogen-bond acceptors (Lipinski definition) is 7. The Morgan fingerprint density at radius 3 is 2.48 bits per heavy atom. The maximum absolute atomic E-state index is 12.4. The van der Waals surface area contributed by atoms with Crippen molar-refractivity contribution in [2.24, 2.45) is 0 Å². The maximum atomic E-state index is 12.4. The van der Waals surface area contributed by atoms with Crippen LogP contribution in [0.25, 0.3) is 0 Å². The second kappa shape index (κ2) is 9.71. The zero-order chi connectivity index (χ0) is 22.4. The summed E-state index contributed by atoms with van der Waals surface area (Å²) in [5.41, 5.74) is 1.42. The normalized spacial score (nSPS) is 10.9. The van der Waals surface area contributed by atoms with Crippen molar-refractivity contribution in [2.45, 2.75) is 6.61 Å². The van der Waals surface area contributed by atoms with E-state index in [1.165, 1.54) is 17.4 Å². The first kappa shape index (κ1) is 22.4. The van der Waals surface area contributed by atoms with E-state index in [2.05, 4.69) is 10.0 Å². The lowest BCUT2D eigenvalue weighted by Gasteiger charge is -2.16. The molecule has 0 atom stereocenters. The number of anilines is 2. The number of methoxy groups -OCH3 is 2. The molecular weight excluding hydrogens is 440 g/mol. The molecule has 0 aliphatic rings. The molecule has 1 aromatic heterocycles. The summed E-state index contributed by atoms with van der Waals surface area (Å²) in [6.07, 6.45) is 1.05. The monoisotopic (exact) mass is 462 g/mol. The molecule has 0 saturated carbocycles. The van der Waals surface area contributed by atoms with Crippen LogP contribution in [0.5, 0.6) is 17.2 Å². The molecule has 8 nitrogen and oxygen atoms in total. The third-order valence-corrected chi connectivity index (χ3v) is 5.61. The van der Waals surface area contributed by atoms with Gasteiger partial charge in [-0.2, -0.15) is 0 Å². The number of amides is 1. The molecule has 0 saturated heterocycles. The zero-order valence-corrected chi connectivity index (χ0v) is 18.8. The van der Waals surface area contributed by atoms with Crippen LogP contribution in [-0.2, 0) is 16.6 Å². The van der Waals surface area contributed by atoms with Crippen molar-refractivity contribution in [2.75, 3.05) is 30.5 Å². The van der Waals surface area contributed by atoms with Crippen LogP contribution in [0.4, 0.5) is 11.4 Å². The molecule has 1 amide bonds. The van der Waals surface area contributed by atoms with Crippen molar-refractivity contribution >= 4 is 38.6 Å². The summed E-state index contributed by atoms with van der Waals surface area (Å²) in [4.78, 5) is 12.9. The van der Waals surface area contributed by atoms with Gasteiger partial charge in [-0.05, 0) is 41.8 Å². The van der Waals surface area contributed by atoms with Crippen LogP contribution in [-0.4, -0.2) is 34.8 Å². The van der Waals surface area contributed by atoms with Crippen molar-refractivity contribution in [3.63, 3.8) is 0 Å². The highest BCUT2D eigenvalue weighted by Gasteiger charge is 2.14. The molecule has 0 fully saturated rings. The third kappa shape index (κ3) is 6.12. The van der Waals surface area contributed by atoms with Crippen LogP contribution in [0.15, 0.2) is 53.9 Å². The maximum Gasteiger partial charge on any atom is 0.265 e. The standard InChI is InChI=1S/C21H22N2O6S2/c1-27-16-7-9-18(28-2)14(11-16)13-29-19-12-15(6-8-17(19)23-31(3,25)26)22-21(24)20-5-4-10-30-20/h4-12,23H,13H2,1-3H3,(H,22,24). The summed E-state index contributed by atoms with van der Waals surface area (Å²) >= 11 is 1.32. The van der Waals surface area contributed by atoms with Gasteiger partial charge in [0.05, 0.1) is 31.0 Å². The van der Waals surface area contributed by atoms with Gasteiger partial charge in [-0.1, -0.05) is 6.07 Å². The average molecular weight is 463 g/mol. The van der Waals surface area contributed by atoms with Gasteiger partial charge >= 0.3 is 0 Å². The third-order valence-electron chi connectivity index (χ3n) is 4.15. The number of thiophene rings is 1. The molecule has 164 valence electrons. The van der Waals surface area contributed by atoms with Crippen molar-refractivity contribution < 1.29 is 27.4 Å². The SMILES string of the molecule is COc1ccc(OC)c(COc2cc(NC(=O)c3cccs3)ccc2NS(C)(=O)=O)c1. The molecule has 3 aromatic rings. The molecule has 0 bridgehead atoms. The fourth-order valence-electron chi connectivity index (χ4n) is 2.75. The number of sulfonamides is 1. The van der Waals surface area contributed by atoms with Crippen molar-refractivity contribution in [1.29, 1.82) is 0 Å². The fourth-order valence-corrected chi connectivity index (χ4v) is 3.94. The first-order valence-electron chi connectivity index (χ1n) is 9.09. The Morgan fingerprint density at radius 2 is 1.84 bits per heavy atom.